The first-order chi connectivity index (χ1) is 5.91. The van der Waals surface area contributed by atoms with Crippen molar-refractivity contribution in [3.05, 3.63) is 23.9 Å². The van der Waals surface area contributed by atoms with Gasteiger partial charge in [-0.05, 0) is 25.5 Å². The van der Waals surface area contributed by atoms with E-state index in [1.54, 1.807) is 0 Å². The molecule has 1 aromatic rings. The van der Waals surface area contributed by atoms with Crippen molar-refractivity contribution in [3.8, 4) is 0 Å². The summed E-state index contributed by atoms with van der Waals surface area (Å²) in [6, 6.07) is 3.99. The van der Waals surface area contributed by atoms with Gasteiger partial charge in [-0.15, -0.1) is 0 Å². The first-order valence-electron chi connectivity index (χ1n) is 4.34. The Morgan fingerprint density at radius 2 is 1.92 bits per heavy atom. The summed E-state index contributed by atoms with van der Waals surface area (Å²) in [6.45, 7) is 3.94. The zero-order valence-electron chi connectivity index (χ0n) is 8.70. The lowest BCUT2D eigenvalue weighted by Crippen LogP contribution is -2.28. The summed E-state index contributed by atoms with van der Waals surface area (Å²) in [5.74, 6) is 0.952. The minimum absolute atomic E-state index is 0.308. The maximum atomic E-state index is 5.93. The highest BCUT2D eigenvalue weighted by Crippen LogP contribution is 2.17. The number of rotatable bonds is 2. The molecule has 1 aromatic heterocycles. The molecule has 0 aromatic carbocycles. The van der Waals surface area contributed by atoms with Gasteiger partial charge in [-0.2, -0.15) is 0 Å². The molecule has 13 heavy (non-hydrogen) atoms. The van der Waals surface area contributed by atoms with E-state index in [1.165, 1.54) is 0 Å². The van der Waals surface area contributed by atoms with Crippen LogP contribution in [0.2, 0.25) is 0 Å². The molecule has 3 nitrogen and oxygen atoms in total. The van der Waals surface area contributed by atoms with Gasteiger partial charge in [0.2, 0.25) is 0 Å². The van der Waals surface area contributed by atoms with E-state index in [-0.39, 0.29) is 5.54 Å². The highest BCUT2D eigenvalue weighted by Gasteiger charge is 2.13. The van der Waals surface area contributed by atoms with Crippen molar-refractivity contribution in [2.24, 2.45) is 5.73 Å². The van der Waals surface area contributed by atoms with Gasteiger partial charge in [-0.1, -0.05) is 6.07 Å². The molecule has 0 saturated carbocycles. The molecule has 0 atom stereocenters. The van der Waals surface area contributed by atoms with Gasteiger partial charge in [0.25, 0.3) is 0 Å². The Morgan fingerprint density at radius 1 is 1.31 bits per heavy atom. The van der Waals surface area contributed by atoms with Crippen molar-refractivity contribution < 1.29 is 0 Å². The quantitative estimate of drug-likeness (QED) is 0.745. The van der Waals surface area contributed by atoms with Crippen molar-refractivity contribution in [2.75, 3.05) is 19.0 Å². The van der Waals surface area contributed by atoms with Crippen LogP contribution in [0.3, 0.4) is 0 Å². The molecule has 0 aliphatic rings. The molecule has 0 unspecified atom stereocenters. The Balaban J connectivity index is 2.94. The van der Waals surface area contributed by atoms with E-state index >= 15 is 0 Å². The summed E-state index contributed by atoms with van der Waals surface area (Å²) in [4.78, 5) is 6.26. The van der Waals surface area contributed by atoms with E-state index in [4.69, 9.17) is 5.73 Å². The van der Waals surface area contributed by atoms with Gasteiger partial charge in [0.15, 0.2) is 0 Å². The highest BCUT2D eigenvalue weighted by atomic mass is 15.1. The number of nitrogens with zero attached hydrogens (tertiary/aromatic N) is 2. The first-order valence-corrected chi connectivity index (χ1v) is 4.34. The van der Waals surface area contributed by atoms with Gasteiger partial charge in [0, 0.05) is 25.8 Å². The van der Waals surface area contributed by atoms with Crippen LogP contribution in [0.1, 0.15) is 19.4 Å². The fourth-order valence-corrected chi connectivity index (χ4v) is 1.03. The van der Waals surface area contributed by atoms with Crippen LogP contribution in [0.15, 0.2) is 18.3 Å². The lowest BCUT2D eigenvalue weighted by Gasteiger charge is -2.19. The van der Waals surface area contributed by atoms with Crippen LogP contribution in [-0.4, -0.2) is 19.1 Å². The van der Waals surface area contributed by atoms with E-state index in [0.717, 1.165) is 11.4 Å². The van der Waals surface area contributed by atoms with Gasteiger partial charge in [0.05, 0.1) is 0 Å². The number of anilines is 1. The molecule has 0 saturated heterocycles. The standard InChI is InChI=1S/C10H17N3/c1-10(2,11)8-5-6-9(12-7-8)13(3)4/h5-7H,11H2,1-4H3. The molecule has 72 valence electrons. The van der Waals surface area contributed by atoms with E-state index in [9.17, 15) is 0 Å². The summed E-state index contributed by atoms with van der Waals surface area (Å²) >= 11 is 0. The van der Waals surface area contributed by atoms with Crippen molar-refractivity contribution in [1.82, 2.24) is 4.98 Å². The van der Waals surface area contributed by atoms with Crippen LogP contribution in [0, 0.1) is 0 Å². The van der Waals surface area contributed by atoms with E-state index in [0.29, 0.717) is 0 Å². The monoisotopic (exact) mass is 179 g/mol. The molecule has 2 N–H and O–H groups in total. The van der Waals surface area contributed by atoms with E-state index < -0.39 is 0 Å². The zero-order chi connectivity index (χ0) is 10.1. The average molecular weight is 179 g/mol. The Hall–Kier alpha value is -1.09. The maximum absolute atomic E-state index is 5.93. The molecular formula is C10H17N3. The second kappa shape index (κ2) is 3.34. The predicted molar refractivity (Wildman–Crippen MR) is 55.8 cm³/mol. The third-order valence-corrected chi connectivity index (χ3v) is 1.95. The predicted octanol–water partition coefficient (Wildman–Crippen LogP) is 1.34. The molecule has 0 spiro atoms. The minimum atomic E-state index is -0.308. The molecule has 0 aliphatic carbocycles. The fourth-order valence-electron chi connectivity index (χ4n) is 1.03. The fraction of sp³-hybridized carbons (Fsp3) is 0.500. The van der Waals surface area contributed by atoms with Crippen LogP contribution in [0.25, 0.3) is 0 Å². The van der Waals surface area contributed by atoms with E-state index in [1.807, 2.05) is 51.2 Å². The van der Waals surface area contributed by atoms with Gasteiger partial charge < -0.3 is 10.6 Å². The summed E-state index contributed by atoms with van der Waals surface area (Å²) in [5.41, 5.74) is 6.68. The lowest BCUT2D eigenvalue weighted by atomic mass is 9.98. The topological polar surface area (TPSA) is 42.1 Å². The molecule has 0 fully saturated rings. The van der Waals surface area contributed by atoms with Crippen molar-refractivity contribution in [1.29, 1.82) is 0 Å². The largest absolute Gasteiger partial charge is 0.363 e. The minimum Gasteiger partial charge on any atom is -0.363 e. The van der Waals surface area contributed by atoms with E-state index in [2.05, 4.69) is 4.98 Å². The van der Waals surface area contributed by atoms with Crippen molar-refractivity contribution >= 4 is 5.82 Å². The summed E-state index contributed by atoms with van der Waals surface area (Å²) < 4.78 is 0. The Labute approximate surface area is 79.6 Å². The van der Waals surface area contributed by atoms with Crippen LogP contribution in [-0.2, 0) is 5.54 Å². The smallest absolute Gasteiger partial charge is 0.127 e. The third kappa shape index (κ3) is 2.42. The second-order valence-electron chi connectivity index (χ2n) is 4.02. The summed E-state index contributed by atoms with van der Waals surface area (Å²) in [5, 5.41) is 0. The molecule has 1 heterocycles. The van der Waals surface area contributed by atoms with Gasteiger partial charge >= 0.3 is 0 Å². The number of hydrogen-bond donors (Lipinski definition) is 1. The van der Waals surface area contributed by atoms with Crippen LogP contribution in [0.5, 0.6) is 0 Å². The third-order valence-electron chi connectivity index (χ3n) is 1.95. The van der Waals surface area contributed by atoms with Crippen molar-refractivity contribution in [3.63, 3.8) is 0 Å². The normalized spacial score (nSPS) is 11.5. The summed E-state index contributed by atoms with van der Waals surface area (Å²) in [7, 11) is 3.94. The maximum Gasteiger partial charge on any atom is 0.127 e. The SMILES string of the molecule is CN(C)c1ccc(C(C)(C)N)cn1. The molecule has 0 amide bonds. The average Bonchev–Trinajstić information content (AvgIpc) is 2.03. The number of nitrogens with two attached hydrogens (primary N) is 1. The van der Waals surface area contributed by atoms with Gasteiger partial charge in [0.1, 0.15) is 5.82 Å². The van der Waals surface area contributed by atoms with Gasteiger partial charge in [-0.25, -0.2) is 4.98 Å². The second-order valence-corrected chi connectivity index (χ2v) is 4.02. The Kier molecular flexibility index (Phi) is 2.57. The number of pyridine rings is 1. The van der Waals surface area contributed by atoms with Crippen LogP contribution in [0.4, 0.5) is 5.82 Å². The van der Waals surface area contributed by atoms with Gasteiger partial charge in [-0.3, -0.25) is 0 Å². The first kappa shape index (κ1) is 9.99. The molecule has 0 bridgehead atoms. The van der Waals surface area contributed by atoms with Crippen LogP contribution >= 0.6 is 0 Å². The van der Waals surface area contributed by atoms with Crippen molar-refractivity contribution in [2.45, 2.75) is 19.4 Å². The molecular weight excluding hydrogens is 162 g/mol. The molecule has 0 aliphatic heterocycles. The van der Waals surface area contributed by atoms with Crippen LogP contribution < -0.4 is 10.6 Å². The lowest BCUT2D eigenvalue weighted by molar-refractivity contribution is 0.552. The zero-order valence-corrected chi connectivity index (χ0v) is 8.70. The summed E-state index contributed by atoms with van der Waals surface area (Å²) in [6.07, 6.45) is 1.83. The Morgan fingerprint density at radius 3 is 2.23 bits per heavy atom. The molecule has 1 rings (SSSR count). The highest BCUT2D eigenvalue weighted by molar-refractivity contribution is 5.38. The molecule has 0 radical (unpaired) electrons. The Bertz CT molecular complexity index is 269. The number of aromatic nitrogens is 1. The molecule has 3 heteroatoms. The number of hydrogen-bond acceptors (Lipinski definition) is 3.